The number of phenols is 1. The third-order valence-electron chi connectivity index (χ3n) is 3.81. The first-order valence-electron chi connectivity index (χ1n) is 7.60. The molecule has 24 heavy (non-hydrogen) atoms. The van der Waals surface area contributed by atoms with Crippen molar-refractivity contribution in [1.82, 2.24) is 9.78 Å². The molecule has 0 fully saturated rings. The van der Waals surface area contributed by atoms with Gasteiger partial charge in [-0.25, -0.2) is 4.68 Å². The third-order valence-corrected chi connectivity index (χ3v) is 3.81. The Morgan fingerprint density at radius 3 is 2.25 bits per heavy atom. The van der Waals surface area contributed by atoms with Crippen LogP contribution in [0.1, 0.15) is 27.2 Å². The molecule has 5 heteroatoms. The van der Waals surface area contributed by atoms with E-state index in [9.17, 15) is 9.90 Å². The highest BCUT2D eigenvalue weighted by atomic mass is 16.5. The number of carbonyl (C=O) groups is 1. The highest BCUT2D eigenvalue weighted by Gasteiger charge is 2.14. The first-order chi connectivity index (χ1) is 11.6. The van der Waals surface area contributed by atoms with Crippen LogP contribution in [0.4, 0.5) is 0 Å². The molecule has 3 rings (SSSR count). The number of aromatic hydroxyl groups is 1. The Labute approximate surface area is 140 Å². The van der Waals surface area contributed by atoms with Crippen LogP contribution in [0.2, 0.25) is 0 Å². The molecule has 0 radical (unpaired) electrons. The molecule has 3 aromatic rings. The number of hydrogen-bond acceptors (Lipinski definition) is 4. The largest absolute Gasteiger partial charge is 0.508 e. The molecule has 1 N–H and O–H groups in total. The van der Waals surface area contributed by atoms with E-state index < -0.39 is 0 Å². The summed E-state index contributed by atoms with van der Waals surface area (Å²) in [7, 11) is 1.74. The van der Waals surface area contributed by atoms with E-state index in [2.05, 4.69) is 5.10 Å². The Balaban J connectivity index is 1.75. The van der Waals surface area contributed by atoms with Crippen LogP contribution >= 0.6 is 0 Å². The molecule has 0 atom stereocenters. The zero-order chi connectivity index (χ0) is 17.1. The first kappa shape index (κ1) is 15.8. The van der Waals surface area contributed by atoms with Gasteiger partial charge in [0, 0.05) is 7.05 Å². The molecule has 1 heterocycles. The minimum absolute atomic E-state index is 0.264. The number of ether oxygens (including phenoxy) is 1. The number of hydrogen-bond donors (Lipinski definition) is 1. The van der Waals surface area contributed by atoms with E-state index in [1.165, 1.54) is 0 Å². The minimum atomic E-state index is 0.264. The van der Waals surface area contributed by atoms with Crippen LogP contribution in [-0.4, -0.2) is 21.2 Å². The van der Waals surface area contributed by atoms with E-state index in [4.69, 9.17) is 4.74 Å². The summed E-state index contributed by atoms with van der Waals surface area (Å²) in [6.07, 6.45) is 1.53. The Hall–Kier alpha value is -3.08. The molecule has 0 saturated carbocycles. The molecule has 2 aromatic carbocycles. The van der Waals surface area contributed by atoms with E-state index >= 15 is 0 Å². The summed E-state index contributed by atoms with van der Waals surface area (Å²) in [4.78, 5) is 11.2. The fraction of sp³-hybridized carbons (Fsp3) is 0.158. The molecular weight excluding hydrogens is 304 g/mol. The Morgan fingerprint density at radius 2 is 1.67 bits per heavy atom. The van der Waals surface area contributed by atoms with Gasteiger partial charge in [-0.1, -0.05) is 24.3 Å². The number of carbonyl (C=O) groups excluding carboxylic acids is 1. The number of aromatic nitrogens is 2. The summed E-state index contributed by atoms with van der Waals surface area (Å²) in [5.74, 6) is 1.35. The van der Waals surface area contributed by atoms with Crippen molar-refractivity contribution in [3.63, 3.8) is 0 Å². The predicted octanol–water partition coefficient (Wildman–Crippen LogP) is 3.63. The molecule has 0 amide bonds. The Bertz CT molecular complexity index is 850. The third kappa shape index (κ3) is 3.30. The summed E-state index contributed by atoms with van der Waals surface area (Å²) in [5.41, 5.74) is 3.36. The van der Waals surface area contributed by atoms with Gasteiger partial charge in [-0.2, -0.15) is 5.10 Å². The van der Waals surface area contributed by atoms with Crippen LogP contribution in [0.25, 0.3) is 0 Å². The molecule has 0 saturated heterocycles. The van der Waals surface area contributed by atoms with Gasteiger partial charge in [0.15, 0.2) is 6.29 Å². The van der Waals surface area contributed by atoms with E-state index in [1.807, 2.05) is 36.4 Å². The maximum Gasteiger partial charge on any atom is 0.228 e. The minimum Gasteiger partial charge on any atom is -0.508 e. The van der Waals surface area contributed by atoms with Gasteiger partial charge >= 0.3 is 0 Å². The van der Waals surface area contributed by atoms with Gasteiger partial charge in [0.1, 0.15) is 11.5 Å². The Kier molecular flexibility index (Phi) is 4.33. The van der Waals surface area contributed by atoms with Gasteiger partial charge in [-0.15, -0.1) is 0 Å². The highest BCUT2D eigenvalue weighted by Crippen LogP contribution is 2.26. The lowest BCUT2D eigenvalue weighted by Gasteiger charge is -2.08. The van der Waals surface area contributed by atoms with Gasteiger partial charge in [0.05, 0.1) is 11.3 Å². The maximum atomic E-state index is 11.2. The zero-order valence-corrected chi connectivity index (χ0v) is 13.6. The van der Waals surface area contributed by atoms with Crippen molar-refractivity contribution < 1.29 is 14.6 Å². The van der Waals surface area contributed by atoms with Crippen LogP contribution < -0.4 is 4.74 Å². The fourth-order valence-electron chi connectivity index (χ4n) is 2.55. The molecule has 1 aromatic heterocycles. The number of aldehydes is 1. The second kappa shape index (κ2) is 6.58. The lowest BCUT2D eigenvalue weighted by atomic mass is 10.0. The van der Waals surface area contributed by atoms with Crippen LogP contribution in [0.5, 0.6) is 17.4 Å². The summed E-state index contributed by atoms with van der Waals surface area (Å²) >= 11 is 0. The van der Waals surface area contributed by atoms with E-state index in [1.54, 1.807) is 30.8 Å². The molecule has 0 bridgehead atoms. The number of benzene rings is 2. The average molecular weight is 322 g/mol. The van der Waals surface area contributed by atoms with Gasteiger partial charge in [0.2, 0.25) is 5.88 Å². The normalized spacial score (nSPS) is 10.6. The summed E-state index contributed by atoms with van der Waals surface area (Å²) in [6, 6.07) is 14.8. The molecule has 0 aliphatic carbocycles. The predicted molar refractivity (Wildman–Crippen MR) is 90.8 cm³/mol. The Morgan fingerprint density at radius 1 is 1.08 bits per heavy atom. The molecule has 0 aliphatic rings. The van der Waals surface area contributed by atoms with Crippen molar-refractivity contribution in [3.05, 3.63) is 70.9 Å². The van der Waals surface area contributed by atoms with Crippen molar-refractivity contribution in [2.75, 3.05) is 0 Å². The second-order valence-corrected chi connectivity index (χ2v) is 5.63. The van der Waals surface area contributed by atoms with Crippen LogP contribution in [0.3, 0.4) is 0 Å². The van der Waals surface area contributed by atoms with Crippen molar-refractivity contribution in [3.8, 4) is 17.4 Å². The van der Waals surface area contributed by atoms with Crippen LogP contribution in [0.15, 0.2) is 48.5 Å². The van der Waals surface area contributed by atoms with E-state index in [0.29, 0.717) is 22.9 Å². The highest BCUT2D eigenvalue weighted by molar-refractivity contribution is 5.80. The van der Waals surface area contributed by atoms with Crippen molar-refractivity contribution in [2.24, 2.45) is 7.05 Å². The molecule has 0 aliphatic heterocycles. The molecule has 5 nitrogen and oxygen atoms in total. The lowest BCUT2D eigenvalue weighted by molar-refractivity contribution is 0.112. The standard InChI is InChI=1S/C19H18N2O3/c1-13-18(12-22)19(21(2)20-13)24-17-9-5-15(6-10-17)11-14-3-7-16(23)8-4-14/h3-10,12,23H,11H2,1-2H3. The number of phenolic OH excluding ortho intramolecular Hbond substituents is 1. The van der Waals surface area contributed by atoms with E-state index in [0.717, 1.165) is 23.8 Å². The van der Waals surface area contributed by atoms with Gasteiger partial charge in [-0.3, -0.25) is 4.79 Å². The van der Waals surface area contributed by atoms with Crippen molar-refractivity contribution in [1.29, 1.82) is 0 Å². The topological polar surface area (TPSA) is 64.3 Å². The molecule has 0 unspecified atom stereocenters. The fourth-order valence-corrected chi connectivity index (χ4v) is 2.55. The van der Waals surface area contributed by atoms with Crippen molar-refractivity contribution >= 4 is 6.29 Å². The SMILES string of the molecule is Cc1nn(C)c(Oc2ccc(Cc3ccc(O)cc3)cc2)c1C=O. The monoisotopic (exact) mass is 322 g/mol. The summed E-state index contributed by atoms with van der Waals surface area (Å²) in [5, 5.41) is 13.5. The lowest BCUT2D eigenvalue weighted by Crippen LogP contribution is -1.97. The molecule has 0 spiro atoms. The zero-order valence-electron chi connectivity index (χ0n) is 13.6. The smallest absolute Gasteiger partial charge is 0.228 e. The molecular formula is C19H18N2O3. The van der Waals surface area contributed by atoms with Gasteiger partial charge in [-0.05, 0) is 48.7 Å². The molecule has 122 valence electrons. The quantitative estimate of drug-likeness (QED) is 0.729. The number of rotatable bonds is 5. The van der Waals surface area contributed by atoms with Crippen LogP contribution in [0, 0.1) is 6.92 Å². The van der Waals surface area contributed by atoms with Gasteiger partial charge in [0.25, 0.3) is 0 Å². The number of nitrogens with zero attached hydrogens (tertiary/aromatic N) is 2. The average Bonchev–Trinajstić information content (AvgIpc) is 2.84. The maximum absolute atomic E-state index is 11.2. The first-order valence-corrected chi connectivity index (χ1v) is 7.60. The summed E-state index contributed by atoms with van der Waals surface area (Å²) in [6.45, 7) is 1.78. The van der Waals surface area contributed by atoms with E-state index in [-0.39, 0.29) is 5.75 Å². The second-order valence-electron chi connectivity index (χ2n) is 5.63. The van der Waals surface area contributed by atoms with Crippen LogP contribution in [-0.2, 0) is 13.5 Å². The van der Waals surface area contributed by atoms with Crippen molar-refractivity contribution in [2.45, 2.75) is 13.3 Å². The summed E-state index contributed by atoms with van der Waals surface area (Å²) < 4.78 is 7.37. The van der Waals surface area contributed by atoms with Gasteiger partial charge < -0.3 is 9.84 Å². The number of aryl methyl sites for hydroxylation is 2.